The molecular weight excluding hydrogens is 300 g/mol. The summed E-state index contributed by atoms with van der Waals surface area (Å²) in [6, 6.07) is 4.17. The number of nitrogens with two attached hydrogens (primary N) is 1. The van der Waals surface area contributed by atoms with E-state index in [0.717, 1.165) is 12.8 Å². The number of rotatable bonds is 2. The molecule has 110 valence electrons. The van der Waals surface area contributed by atoms with Gasteiger partial charge in [-0.1, -0.05) is 18.5 Å². The van der Waals surface area contributed by atoms with Gasteiger partial charge in [0.1, 0.15) is 4.90 Å². The molecule has 1 heterocycles. The minimum Gasteiger partial charge on any atom is -0.338 e. The van der Waals surface area contributed by atoms with E-state index >= 15 is 0 Å². The molecule has 1 fully saturated rings. The van der Waals surface area contributed by atoms with Crippen LogP contribution in [-0.2, 0) is 10.0 Å². The maximum Gasteiger partial charge on any atom is 0.253 e. The molecule has 1 amide bonds. The Labute approximate surface area is 123 Å². The molecule has 0 spiro atoms. The van der Waals surface area contributed by atoms with Crippen LogP contribution in [0.3, 0.4) is 0 Å². The Bertz CT molecular complexity index is 631. The fourth-order valence-corrected chi connectivity index (χ4v) is 3.48. The van der Waals surface area contributed by atoms with Crippen molar-refractivity contribution in [3.8, 4) is 0 Å². The van der Waals surface area contributed by atoms with Crippen LogP contribution < -0.4 is 5.14 Å². The van der Waals surface area contributed by atoms with Crippen LogP contribution in [-0.4, -0.2) is 32.3 Å². The number of carbonyl (C=O) groups is 1. The number of primary sulfonamides is 1. The van der Waals surface area contributed by atoms with E-state index in [-0.39, 0.29) is 15.8 Å². The van der Waals surface area contributed by atoms with Crippen molar-refractivity contribution >= 4 is 27.5 Å². The zero-order chi connectivity index (χ0) is 14.9. The zero-order valence-electron chi connectivity index (χ0n) is 11.2. The summed E-state index contributed by atoms with van der Waals surface area (Å²) in [6.07, 6.45) is 2.06. The van der Waals surface area contributed by atoms with Gasteiger partial charge in [-0.05, 0) is 37.0 Å². The van der Waals surface area contributed by atoms with Gasteiger partial charge in [0, 0.05) is 18.7 Å². The molecule has 1 aliphatic rings. The summed E-state index contributed by atoms with van der Waals surface area (Å²) < 4.78 is 22.9. The van der Waals surface area contributed by atoms with E-state index in [1.807, 2.05) is 0 Å². The van der Waals surface area contributed by atoms with Crippen LogP contribution in [0.15, 0.2) is 23.1 Å². The molecule has 1 aromatic carbocycles. The number of hydrogen-bond acceptors (Lipinski definition) is 3. The number of nitrogens with zero attached hydrogens (tertiary/aromatic N) is 1. The Morgan fingerprint density at radius 3 is 2.75 bits per heavy atom. The first-order chi connectivity index (χ1) is 9.29. The molecule has 2 rings (SSSR count). The molecular formula is C13H17ClN2O3S. The fraction of sp³-hybridized carbons (Fsp3) is 0.462. The molecule has 0 aromatic heterocycles. The highest BCUT2D eigenvalue weighted by atomic mass is 35.5. The van der Waals surface area contributed by atoms with Gasteiger partial charge in [-0.15, -0.1) is 0 Å². The first kappa shape index (κ1) is 15.3. The fourth-order valence-electron chi connectivity index (χ4n) is 2.41. The van der Waals surface area contributed by atoms with Gasteiger partial charge in [-0.25, -0.2) is 13.6 Å². The molecule has 20 heavy (non-hydrogen) atoms. The van der Waals surface area contributed by atoms with Crippen molar-refractivity contribution in [2.24, 2.45) is 11.1 Å². The van der Waals surface area contributed by atoms with Crippen molar-refractivity contribution in [3.05, 3.63) is 28.8 Å². The highest BCUT2D eigenvalue weighted by Crippen LogP contribution is 2.24. The predicted molar refractivity (Wildman–Crippen MR) is 77.1 cm³/mol. The molecule has 1 aromatic rings. The van der Waals surface area contributed by atoms with Crippen LogP contribution in [0.2, 0.25) is 5.02 Å². The summed E-state index contributed by atoms with van der Waals surface area (Å²) in [5.41, 5.74) is 0.299. The van der Waals surface area contributed by atoms with Gasteiger partial charge in [0.25, 0.3) is 5.91 Å². The largest absolute Gasteiger partial charge is 0.338 e. The maximum atomic E-state index is 12.4. The quantitative estimate of drug-likeness (QED) is 0.904. The summed E-state index contributed by atoms with van der Waals surface area (Å²) in [7, 11) is -3.93. The van der Waals surface area contributed by atoms with Crippen LogP contribution in [0.4, 0.5) is 0 Å². The third-order valence-corrected chi connectivity index (χ3v) is 4.82. The van der Waals surface area contributed by atoms with Crippen LogP contribution in [0.25, 0.3) is 0 Å². The van der Waals surface area contributed by atoms with Crippen molar-refractivity contribution < 1.29 is 13.2 Å². The second-order valence-corrected chi connectivity index (χ2v) is 7.13. The molecule has 2 N–H and O–H groups in total. The molecule has 0 radical (unpaired) electrons. The van der Waals surface area contributed by atoms with Crippen LogP contribution in [0, 0.1) is 5.92 Å². The number of carbonyl (C=O) groups excluding carboxylic acids is 1. The first-order valence-electron chi connectivity index (χ1n) is 6.40. The van der Waals surface area contributed by atoms with E-state index in [0.29, 0.717) is 24.6 Å². The van der Waals surface area contributed by atoms with E-state index in [4.69, 9.17) is 16.7 Å². The van der Waals surface area contributed by atoms with E-state index < -0.39 is 10.0 Å². The van der Waals surface area contributed by atoms with Crippen molar-refractivity contribution in [2.45, 2.75) is 24.7 Å². The van der Waals surface area contributed by atoms with Crippen LogP contribution in [0.1, 0.15) is 30.1 Å². The molecule has 7 heteroatoms. The van der Waals surface area contributed by atoms with Crippen molar-refractivity contribution in [1.82, 2.24) is 4.90 Å². The van der Waals surface area contributed by atoms with Gasteiger partial charge in [0.05, 0.1) is 5.02 Å². The highest BCUT2D eigenvalue weighted by molar-refractivity contribution is 7.89. The smallest absolute Gasteiger partial charge is 0.253 e. The lowest BCUT2D eigenvalue weighted by molar-refractivity contribution is 0.0683. The Morgan fingerprint density at radius 1 is 1.45 bits per heavy atom. The van der Waals surface area contributed by atoms with E-state index in [1.54, 1.807) is 4.90 Å². The van der Waals surface area contributed by atoms with E-state index in [9.17, 15) is 13.2 Å². The number of likely N-dealkylation sites (tertiary alicyclic amines) is 1. The molecule has 0 unspecified atom stereocenters. The van der Waals surface area contributed by atoms with Crippen LogP contribution in [0.5, 0.6) is 0 Å². The summed E-state index contributed by atoms with van der Waals surface area (Å²) >= 11 is 5.81. The third kappa shape index (κ3) is 3.31. The Hall–Kier alpha value is -1.11. The lowest BCUT2D eigenvalue weighted by Gasteiger charge is -2.31. The molecule has 0 saturated carbocycles. The number of amides is 1. The summed E-state index contributed by atoms with van der Waals surface area (Å²) in [5.74, 6) is 0.274. The summed E-state index contributed by atoms with van der Waals surface area (Å²) in [6.45, 7) is 3.47. The second kappa shape index (κ2) is 5.71. The normalized spacial score (nSPS) is 19.9. The van der Waals surface area contributed by atoms with Crippen molar-refractivity contribution in [1.29, 1.82) is 0 Å². The van der Waals surface area contributed by atoms with Gasteiger partial charge in [0.15, 0.2) is 0 Å². The molecule has 5 nitrogen and oxygen atoms in total. The standard InChI is InChI=1S/C13H17ClN2O3S/c1-9-3-2-6-16(8-9)13(17)10-4-5-11(14)12(7-10)20(15,18)19/h4-5,7,9H,2-3,6,8H2,1H3,(H2,15,18,19)/t9-/m1/s1. The average molecular weight is 317 g/mol. The monoisotopic (exact) mass is 316 g/mol. The van der Waals surface area contributed by atoms with Crippen molar-refractivity contribution in [3.63, 3.8) is 0 Å². The van der Waals surface area contributed by atoms with Gasteiger partial charge >= 0.3 is 0 Å². The van der Waals surface area contributed by atoms with E-state index in [2.05, 4.69) is 6.92 Å². The summed E-state index contributed by atoms with van der Waals surface area (Å²) in [4.78, 5) is 13.9. The van der Waals surface area contributed by atoms with Gasteiger partial charge < -0.3 is 4.90 Å². The zero-order valence-corrected chi connectivity index (χ0v) is 12.7. The number of piperidine rings is 1. The van der Waals surface area contributed by atoms with Crippen LogP contribution >= 0.6 is 11.6 Å². The molecule has 1 atom stereocenters. The Morgan fingerprint density at radius 2 is 2.15 bits per heavy atom. The maximum absolute atomic E-state index is 12.4. The first-order valence-corrected chi connectivity index (χ1v) is 8.33. The summed E-state index contributed by atoms with van der Waals surface area (Å²) in [5, 5.41) is 5.11. The Kier molecular flexibility index (Phi) is 4.36. The predicted octanol–water partition coefficient (Wildman–Crippen LogP) is 1.86. The number of halogens is 1. The minimum atomic E-state index is -3.93. The average Bonchev–Trinajstić information content (AvgIpc) is 2.37. The number of hydrogen-bond donors (Lipinski definition) is 1. The minimum absolute atomic E-state index is 0.0241. The topological polar surface area (TPSA) is 80.5 Å². The molecule has 1 saturated heterocycles. The lowest BCUT2D eigenvalue weighted by atomic mass is 9.99. The lowest BCUT2D eigenvalue weighted by Crippen LogP contribution is -2.39. The SMILES string of the molecule is C[C@@H]1CCCN(C(=O)c2ccc(Cl)c(S(N)(=O)=O)c2)C1. The third-order valence-electron chi connectivity index (χ3n) is 3.43. The molecule has 1 aliphatic heterocycles. The van der Waals surface area contributed by atoms with Crippen molar-refractivity contribution in [2.75, 3.05) is 13.1 Å². The second-order valence-electron chi connectivity index (χ2n) is 5.19. The van der Waals surface area contributed by atoms with E-state index in [1.165, 1.54) is 18.2 Å². The van der Waals surface area contributed by atoms with Gasteiger partial charge in [-0.3, -0.25) is 4.79 Å². The molecule has 0 aliphatic carbocycles. The molecule has 0 bridgehead atoms. The Balaban J connectivity index is 2.31. The number of benzene rings is 1. The highest BCUT2D eigenvalue weighted by Gasteiger charge is 2.23. The number of sulfonamides is 1. The van der Waals surface area contributed by atoms with Gasteiger partial charge in [0.2, 0.25) is 10.0 Å². The van der Waals surface area contributed by atoms with Gasteiger partial charge in [-0.2, -0.15) is 0 Å².